The van der Waals surface area contributed by atoms with Crippen LogP contribution in [0.3, 0.4) is 0 Å². The van der Waals surface area contributed by atoms with Crippen LogP contribution in [-0.4, -0.2) is 23.0 Å². The zero-order chi connectivity index (χ0) is 14.3. The van der Waals surface area contributed by atoms with E-state index in [1.54, 1.807) is 24.3 Å². The molecule has 104 valence electrons. The Morgan fingerprint density at radius 3 is 2.68 bits per heavy atom. The lowest BCUT2D eigenvalue weighted by Gasteiger charge is -2.14. The summed E-state index contributed by atoms with van der Waals surface area (Å²) >= 11 is 0. The lowest BCUT2D eigenvalue weighted by atomic mass is 10.1. The number of carboxylic acids is 1. The largest absolute Gasteiger partial charge is 0.481 e. The Bertz CT molecular complexity index is 446. The van der Waals surface area contributed by atoms with Gasteiger partial charge in [0.2, 0.25) is 5.91 Å². The molecular weight excluding hydrogens is 244 g/mol. The molecule has 0 fully saturated rings. The van der Waals surface area contributed by atoms with E-state index in [-0.39, 0.29) is 12.3 Å². The van der Waals surface area contributed by atoms with E-state index < -0.39 is 12.0 Å². The normalized spacial score (nSPS) is 11.9. The monoisotopic (exact) mass is 264 g/mol. The third-order valence-corrected chi connectivity index (χ3v) is 2.82. The first-order valence-electron chi connectivity index (χ1n) is 6.40. The SMILES string of the molecule is CCCCC(N)C(=O)Nc1ccccc1CC(=O)O. The summed E-state index contributed by atoms with van der Waals surface area (Å²) < 4.78 is 0. The van der Waals surface area contributed by atoms with Gasteiger partial charge in [-0.3, -0.25) is 9.59 Å². The summed E-state index contributed by atoms with van der Waals surface area (Å²) in [7, 11) is 0. The highest BCUT2D eigenvalue weighted by Gasteiger charge is 2.15. The molecule has 1 rings (SSSR count). The molecule has 5 nitrogen and oxygen atoms in total. The summed E-state index contributed by atoms with van der Waals surface area (Å²) in [5.74, 6) is -1.21. The highest BCUT2D eigenvalue weighted by atomic mass is 16.4. The molecule has 1 unspecified atom stereocenters. The Morgan fingerprint density at radius 2 is 2.05 bits per heavy atom. The maximum atomic E-state index is 11.9. The zero-order valence-corrected chi connectivity index (χ0v) is 11.1. The molecule has 0 saturated heterocycles. The first kappa shape index (κ1) is 15.2. The van der Waals surface area contributed by atoms with Crippen LogP contribution < -0.4 is 11.1 Å². The predicted octanol–water partition coefficient (Wildman–Crippen LogP) is 1.77. The number of nitrogens with two attached hydrogens (primary N) is 1. The molecule has 1 aromatic rings. The number of para-hydroxylation sites is 1. The van der Waals surface area contributed by atoms with E-state index in [0.29, 0.717) is 17.7 Å². The number of anilines is 1. The molecule has 19 heavy (non-hydrogen) atoms. The topological polar surface area (TPSA) is 92.4 Å². The van der Waals surface area contributed by atoms with E-state index in [1.807, 2.05) is 6.92 Å². The fourth-order valence-electron chi connectivity index (χ4n) is 1.74. The van der Waals surface area contributed by atoms with Gasteiger partial charge in [0.1, 0.15) is 0 Å². The van der Waals surface area contributed by atoms with Crippen LogP contribution in [0.1, 0.15) is 31.7 Å². The number of amides is 1. The van der Waals surface area contributed by atoms with Gasteiger partial charge in [0.25, 0.3) is 0 Å². The molecule has 0 bridgehead atoms. The van der Waals surface area contributed by atoms with Crippen LogP contribution >= 0.6 is 0 Å². The summed E-state index contributed by atoms with van der Waals surface area (Å²) in [5.41, 5.74) is 6.86. The molecule has 0 saturated carbocycles. The number of carboxylic acid groups (broad SMARTS) is 1. The minimum atomic E-state index is -0.933. The molecule has 0 radical (unpaired) electrons. The summed E-state index contributed by atoms with van der Waals surface area (Å²) in [4.78, 5) is 22.6. The second-order valence-corrected chi connectivity index (χ2v) is 4.47. The lowest BCUT2D eigenvalue weighted by molar-refractivity contribution is -0.136. The Morgan fingerprint density at radius 1 is 1.37 bits per heavy atom. The minimum Gasteiger partial charge on any atom is -0.481 e. The van der Waals surface area contributed by atoms with Crippen molar-refractivity contribution in [3.8, 4) is 0 Å². The van der Waals surface area contributed by atoms with Crippen LogP contribution in [0.25, 0.3) is 0 Å². The van der Waals surface area contributed by atoms with Crippen molar-refractivity contribution in [1.82, 2.24) is 0 Å². The molecule has 0 spiro atoms. The van der Waals surface area contributed by atoms with Crippen LogP contribution in [0.5, 0.6) is 0 Å². The zero-order valence-electron chi connectivity index (χ0n) is 11.1. The van der Waals surface area contributed by atoms with Crippen molar-refractivity contribution in [3.63, 3.8) is 0 Å². The average molecular weight is 264 g/mol. The van der Waals surface area contributed by atoms with Crippen molar-refractivity contribution >= 4 is 17.6 Å². The number of carbonyl (C=O) groups excluding carboxylic acids is 1. The number of rotatable bonds is 7. The molecule has 0 heterocycles. The van der Waals surface area contributed by atoms with Gasteiger partial charge in [0.05, 0.1) is 12.5 Å². The van der Waals surface area contributed by atoms with E-state index in [1.165, 1.54) is 0 Å². The van der Waals surface area contributed by atoms with Gasteiger partial charge >= 0.3 is 5.97 Å². The summed E-state index contributed by atoms with van der Waals surface area (Å²) in [6.45, 7) is 2.03. The number of hydrogen-bond acceptors (Lipinski definition) is 3. The highest BCUT2D eigenvalue weighted by Crippen LogP contribution is 2.16. The number of hydrogen-bond donors (Lipinski definition) is 3. The van der Waals surface area contributed by atoms with Gasteiger partial charge in [-0.15, -0.1) is 0 Å². The van der Waals surface area contributed by atoms with Gasteiger partial charge in [-0.2, -0.15) is 0 Å². The van der Waals surface area contributed by atoms with E-state index in [0.717, 1.165) is 12.8 Å². The third-order valence-electron chi connectivity index (χ3n) is 2.82. The van der Waals surface area contributed by atoms with Crippen molar-refractivity contribution in [3.05, 3.63) is 29.8 Å². The third kappa shape index (κ3) is 5.09. The van der Waals surface area contributed by atoms with E-state index in [9.17, 15) is 9.59 Å². The second-order valence-electron chi connectivity index (χ2n) is 4.47. The van der Waals surface area contributed by atoms with Crippen LogP contribution in [0.15, 0.2) is 24.3 Å². The average Bonchev–Trinajstić information content (AvgIpc) is 2.37. The molecule has 5 heteroatoms. The Hall–Kier alpha value is -1.88. The van der Waals surface area contributed by atoms with Crippen LogP contribution in [0.2, 0.25) is 0 Å². The van der Waals surface area contributed by atoms with Crippen LogP contribution in [-0.2, 0) is 16.0 Å². The van der Waals surface area contributed by atoms with Gasteiger partial charge in [-0.25, -0.2) is 0 Å². The number of benzene rings is 1. The predicted molar refractivity (Wildman–Crippen MR) is 73.9 cm³/mol. The van der Waals surface area contributed by atoms with Crippen LogP contribution in [0.4, 0.5) is 5.69 Å². The molecule has 0 aliphatic carbocycles. The fourth-order valence-corrected chi connectivity index (χ4v) is 1.74. The van der Waals surface area contributed by atoms with E-state index in [4.69, 9.17) is 10.8 Å². The molecule has 1 amide bonds. The fraction of sp³-hybridized carbons (Fsp3) is 0.429. The minimum absolute atomic E-state index is 0.124. The van der Waals surface area contributed by atoms with Gasteiger partial charge < -0.3 is 16.2 Å². The summed E-state index contributed by atoms with van der Waals surface area (Å²) in [6, 6.07) is 6.30. The van der Waals surface area contributed by atoms with Gasteiger partial charge in [-0.1, -0.05) is 38.0 Å². The molecule has 0 aliphatic heterocycles. The summed E-state index contributed by atoms with van der Waals surface area (Å²) in [5, 5.41) is 11.5. The number of nitrogens with one attached hydrogen (secondary N) is 1. The molecule has 4 N–H and O–H groups in total. The van der Waals surface area contributed by atoms with E-state index >= 15 is 0 Å². The van der Waals surface area contributed by atoms with E-state index in [2.05, 4.69) is 5.32 Å². The Labute approximate surface area is 112 Å². The van der Waals surface area contributed by atoms with Crippen molar-refractivity contribution in [2.24, 2.45) is 5.73 Å². The number of unbranched alkanes of at least 4 members (excludes halogenated alkanes) is 1. The molecule has 0 aromatic heterocycles. The van der Waals surface area contributed by atoms with Crippen molar-refractivity contribution in [1.29, 1.82) is 0 Å². The lowest BCUT2D eigenvalue weighted by Crippen LogP contribution is -2.35. The summed E-state index contributed by atoms with van der Waals surface area (Å²) in [6.07, 6.45) is 2.38. The van der Waals surface area contributed by atoms with Crippen molar-refractivity contribution in [2.45, 2.75) is 38.6 Å². The van der Waals surface area contributed by atoms with Gasteiger partial charge in [0.15, 0.2) is 0 Å². The quantitative estimate of drug-likeness (QED) is 0.699. The first-order valence-corrected chi connectivity index (χ1v) is 6.40. The molecule has 1 aromatic carbocycles. The number of aliphatic carboxylic acids is 1. The smallest absolute Gasteiger partial charge is 0.307 e. The Balaban J connectivity index is 2.70. The molecule has 0 aliphatic rings. The maximum absolute atomic E-state index is 11.9. The highest BCUT2D eigenvalue weighted by molar-refractivity contribution is 5.95. The van der Waals surface area contributed by atoms with Gasteiger partial charge in [-0.05, 0) is 18.1 Å². The van der Waals surface area contributed by atoms with Gasteiger partial charge in [0, 0.05) is 5.69 Å². The number of carbonyl (C=O) groups is 2. The maximum Gasteiger partial charge on any atom is 0.307 e. The Kier molecular flexibility index (Phi) is 6.02. The van der Waals surface area contributed by atoms with Crippen molar-refractivity contribution < 1.29 is 14.7 Å². The molecule has 1 atom stereocenters. The molecular formula is C14H20N2O3. The standard InChI is InChI=1S/C14H20N2O3/c1-2-3-7-11(15)14(19)16-12-8-5-4-6-10(12)9-13(17)18/h4-6,8,11H,2-3,7,9,15H2,1H3,(H,16,19)(H,17,18). The second kappa shape index (κ2) is 7.53. The van der Waals surface area contributed by atoms with Crippen molar-refractivity contribution in [2.75, 3.05) is 5.32 Å². The van der Waals surface area contributed by atoms with Crippen LogP contribution in [0, 0.1) is 0 Å². The first-order chi connectivity index (χ1) is 9.04.